The smallest absolute Gasteiger partial charge is 0.100 e. The summed E-state index contributed by atoms with van der Waals surface area (Å²) in [6, 6.07) is -0.0637. The highest BCUT2D eigenvalue weighted by atomic mass is 19.1. The lowest BCUT2D eigenvalue weighted by molar-refractivity contribution is -0.0762. The summed E-state index contributed by atoms with van der Waals surface area (Å²) in [6.45, 7) is 2.92. The van der Waals surface area contributed by atoms with Crippen LogP contribution >= 0.6 is 0 Å². The third kappa shape index (κ3) is 3.91. The number of hydrogen-bond acceptors (Lipinski definition) is 4. The molecule has 5 heteroatoms. The summed E-state index contributed by atoms with van der Waals surface area (Å²) in [4.78, 5) is 2.10. The maximum Gasteiger partial charge on any atom is 0.100 e. The number of likely N-dealkylation sites (tertiary alicyclic amines) is 1. The Morgan fingerprint density at radius 1 is 1.15 bits per heavy atom. The van der Waals surface area contributed by atoms with Gasteiger partial charge in [-0.3, -0.25) is 4.90 Å². The van der Waals surface area contributed by atoms with E-state index in [0.717, 1.165) is 32.2 Å². The Hall–Kier alpha value is -0.230. The van der Waals surface area contributed by atoms with Gasteiger partial charge in [0, 0.05) is 19.1 Å². The average Bonchev–Trinajstić information content (AvgIpc) is 2.43. The summed E-state index contributed by atoms with van der Waals surface area (Å²) in [6.07, 6.45) is 2.17. The van der Waals surface area contributed by atoms with Crippen molar-refractivity contribution in [1.29, 1.82) is 0 Å². The minimum Gasteiger partial charge on any atom is -0.395 e. The Labute approximate surface area is 120 Å². The van der Waals surface area contributed by atoms with Crippen molar-refractivity contribution in [1.82, 2.24) is 4.90 Å². The van der Waals surface area contributed by atoms with Crippen LogP contribution in [0.4, 0.5) is 4.39 Å². The molecule has 0 aromatic carbocycles. The first-order valence-corrected chi connectivity index (χ1v) is 7.86. The molecule has 0 aromatic rings. The van der Waals surface area contributed by atoms with Crippen molar-refractivity contribution < 1.29 is 19.7 Å². The Morgan fingerprint density at radius 3 is 2.35 bits per heavy atom. The van der Waals surface area contributed by atoms with Crippen LogP contribution in [0, 0.1) is 11.8 Å². The summed E-state index contributed by atoms with van der Waals surface area (Å²) in [5.74, 6) is 0.718. The molecular weight excluding hydrogens is 261 g/mol. The predicted octanol–water partition coefficient (Wildman–Crippen LogP) is 0.939. The molecule has 0 radical (unpaired) electrons. The fraction of sp³-hybridized carbons (Fsp3) is 1.00. The van der Waals surface area contributed by atoms with Crippen LogP contribution in [0.5, 0.6) is 0 Å². The van der Waals surface area contributed by atoms with Gasteiger partial charge in [-0.15, -0.1) is 0 Å². The maximum atomic E-state index is 13.3. The van der Waals surface area contributed by atoms with Crippen molar-refractivity contribution in [2.75, 3.05) is 19.7 Å². The first kappa shape index (κ1) is 16.1. The standard InChI is InChI=1S/C15H28FNO3/c1-10(16)12-4-2-11(3-5-12)7-17-8-15(20)14(19)6-13(17)9-18/h10-15,18-20H,2-9H2,1H3/t10?,11?,12?,13-,14+,15+/m1/s1. The van der Waals surface area contributed by atoms with Gasteiger partial charge >= 0.3 is 0 Å². The normalized spacial score (nSPS) is 41.5. The van der Waals surface area contributed by atoms with Crippen LogP contribution in [0.15, 0.2) is 0 Å². The van der Waals surface area contributed by atoms with Gasteiger partial charge in [-0.2, -0.15) is 0 Å². The zero-order chi connectivity index (χ0) is 14.7. The van der Waals surface area contributed by atoms with Gasteiger partial charge in [0.1, 0.15) is 6.17 Å². The van der Waals surface area contributed by atoms with Gasteiger partial charge in [0.25, 0.3) is 0 Å². The molecule has 0 aromatic heterocycles. The van der Waals surface area contributed by atoms with Crippen LogP contribution in [0.25, 0.3) is 0 Å². The molecule has 4 atom stereocenters. The topological polar surface area (TPSA) is 63.9 Å². The first-order valence-electron chi connectivity index (χ1n) is 7.86. The van der Waals surface area contributed by atoms with Crippen molar-refractivity contribution in [3.05, 3.63) is 0 Å². The van der Waals surface area contributed by atoms with Crippen molar-refractivity contribution >= 4 is 0 Å². The van der Waals surface area contributed by atoms with Crippen molar-refractivity contribution in [2.45, 2.75) is 63.4 Å². The first-order chi connectivity index (χ1) is 9.51. The second kappa shape index (κ2) is 7.16. The van der Waals surface area contributed by atoms with Gasteiger partial charge in [0.2, 0.25) is 0 Å². The third-order valence-electron chi connectivity index (χ3n) is 5.14. The highest BCUT2D eigenvalue weighted by molar-refractivity contribution is 4.88. The number of hydrogen-bond donors (Lipinski definition) is 3. The van der Waals surface area contributed by atoms with Crippen LogP contribution in [0.1, 0.15) is 39.0 Å². The number of alkyl halides is 1. The third-order valence-corrected chi connectivity index (χ3v) is 5.14. The monoisotopic (exact) mass is 289 g/mol. The van der Waals surface area contributed by atoms with E-state index in [-0.39, 0.29) is 18.6 Å². The van der Waals surface area contributed by atoms with Crippen molar-refractivity contribution in [3.63, 3.8) is 0 Å². The van der Waals surface area contributed by atoms with E-state index in [1.807, 2.05) is 0 Å². The lowest BCUT2D eigenvalue weighted by Crippen LogP contribution is -2.54. The number of β-amino-alcohol motifs (C(OH)–C–C–N with tert-alkyl or cyclic N) is 1. The van der Waals surface area contributed by atoms with E-state index in [2.05, 4.69) is 4.90 Å². The van der Waals surface area contributed by atoms with Crippen LogP contribution in [0.2, 0.25) is 0 Å². The quantitative estimate of drug-likeness (QED) is 0.721. The fourth-order valence-electron chi connectivity index (χ4n) is 3.67. The van der Waals surface area contributed by atoms with Crippen molar-refractivity contribution in [2.24, 2.45) is 11.8 Å². The van der Waals surface area contributed by atoms with E-state index in [1.54, 1.807) is 6.92 Å². The van der Waals surface area contributed by atoms with Gasteiger partial charge in [-0.05, 0) is 50.9 Å². The molecule has 1 aliphatic heterocycles. The minimum absolute atomic E-state index is 0.0145. The van der Waals surface area contributed by atoms with Gasteiger partial charge in [-0.25, -0.2) is 4.39 Å². The van der Waals surface area contributed by atoms with E-state index < -0.39 is 18.4 Å². The molecule has 2 rings (SSSR count). The molecule has 4 nitrogen and oxygen atoms in total. The molecule has 1 saturated heterocycles. The van der Waals surface area contributed by atoms with Crippen molar-refractivity contribution in [3.8, 4) is 0 Å². The zero-order valence-electron chi connectivity index (χ0n) is 12.3. The molecule has 1 heterocycles. The summed E-state index contributed by atoms with van der Waals surface area (Å²) in [7, 11) is 0. The maximum absolute atomic E-state index is 13.3. The lowest BCUT2D eigenvalue weighted by atomic mass is 9.79. The highest BCUT2D eigenvalue weighted by Gasteiger charge is 2.35. The van der Waals surface area contributed by atoms with E-state index in [1.165, 1.54) is 0 Å². The van der Waals surface area contributed by atoms with E-state index in [0.29, 0.717) is 18.9 Å². The fourth-order valence-corrected chi connectivity index (χ4v) is 3.67. The van der Waals surface area contributed by atoms with Gasteiger partial charge in [0.15, 0.2) is 0 Å². The molecule has 118 valence electrons. The SMILES string of the molecule is CC(F)C1CCC(CN2C[C@H](O)[C@@H](O)C[C@@H]2CO)CC1. The Balaban J connectivity index is 1.83. The largest absolute Gasteiger partial charge is 0.395 e. The number of nitrogens with zero attached hydrogens (tertiary/aromatic N) is 1. The van der Waals surface area contributed by atoms with Gasteiger partial charge in [0.05, 0.1) is 18.8 Å². The molecule has 1 saturated carbocycles. The molecule has 0 bridgehead atoms. The Morgan fingerprint density at radius 2 is 1.80 bits per heavy atom. The van der Waals surface area contributed by atoms with Gasteiger partial charge in [-0.1, -0.05) is 0 Å². The summed E-state index contributed by atoms with van der Waals surface area (Å²) < 4.78 is 13.3. The summed E-state index contributed by atoms with van der Waals surface area (Å²) in [5.41, 5.74) is 0. The van der Waals surface area contributed by atoms with Crippen LogP contribution < -0.4 is 0 Å². The number of aliphatic hydroxyl groups is 3. The van der Waals surface area contributed by atoms with Crippen LogP contribution in [-0.4, -0.2) is 64.3 Å². The molecule has 2 fully saturated rings. The molecule has 1 unspecified atom stereocenters. The van der Waals surface area contributed by atoms with Crippen LogP contribution in [0.3, 0.4) is 0 Å². The number of piperidine rings is 1. The zero-order valence-corrected chi connectivity index (χ0v) is 12.3. The van der Waals surface area contributed by atoms with E-state index >= 15 is 0 Å². The second-order valence-corrected chi connectivity index (χ2v) is 6.62. The number of aliphatic hydroxyl groups excluding tert-OH is 3. The predicted molar refractivity (Wildman–Crippen MR) is 75.1 cm³/mol. The Kier molecular flexibility index (Phi) is 5.78. The molecule has 0 spiro atoms. The van der Waals surface area contributed by atoms with E-state index in [4.69, 9.17) is 0 Å². The minimum atomic E-state index is -0.730. The van der Waals surface area contributed by atoms with Crippen LogP contribution in [-0.2, 0) is 0 Å². The van der Waals surface area contributed by atoms with Gasteiger partial charge < -0.3 is 15.3 Å². The van der Waals surface area contributed by atoms with E-state index in [9.17, 15) is 19.7 Å². The second-order valence-electron chi connectivity index (χ2n) is 6.62. The lowest BCUT2D eigenvalue weighted by Gasteiger charge is -2.42. The molecule has 3 N–H and O–H groups in total. The molecule has 20 heavy (non-hydrogen) atoms. The Bertz CT molecular complexity index is 295. The molecule has 2 aliphatic rings. The highest BCUT2D eigenvalue weighted by Crippen LogP contribution is 2.33. The molecule has 0 amide bonds. The summed E-state index contributed by atoms with van der Waals surface area (Å²) in [5, 5.41) is 28.9. The number of halogens is 1. The molecular formula is C15H28FNO3. The molecule has 1 aliphatic carbocycles. The summed E-state index contributed by atoms with van der Waals surface area (Å²) >= 11 is 0. The average molecular weight is 289 g/mol. The number of rotatable bonds is 4.